The number of thiazole rings is 1. The van der Waals surface area contributed by atoms with Crippen LogP contribution in [-0.2, 0) is 7.05 Å². The molecule has 3 aromatic rings. The second-order valence-electron chi connectivity index (χ2n) is 5.43. The van der Waals surface area contributed by atoms with Crippen LogP contribution >= 0.6 is 11.3 Å². The first kappa shape index (κ1) is 16.1. The molecule has 2 aromatic heterocycles. The molecule has 8 heteroatoms. The number of hydrogen-bond acceptors (Lipinski definition) is 5. The van der Waals surface area contributed by atoms with E-state index in [1.54, 1.807) is 28.5 Å². The number of rotatable bonds is 5. The first-order chi connectivity index (χ1) is 11.6. The van der Waals surface area contributed by atoms with Crippen molar-refractivity contribution in [3.63, 3.8) is 0 Å². The molecule has 2 N–H and O–H groups in total. The SMILES string of the molecule is CC(CNC(=O)Nc1cccc(-c2ncn(C)n2)c1)c1nccs1. The maximum absolute atomic E-state index is 12.1. The molecule has 2 amide bonds. The molecule has 3 rings (SSSR count). The number of nitrogens with one attached hydrogen (secondary N) is 2. The fourth-order valence-corrected chi connectivity index (χ4v) is 2.89. The molecular weight excluding hydrogens is 324 g/mol. The molecule has 1 aromatic carbocycles. The summed E-state index contributed by atoms with van der Waals surface area (Å²) in [5, 5.41) is 12.9. The highest BCUT2D eigenvalue weighted by Gasteiger charge is 2.10. The Labute approximate surface area is 143 Å². The van der Waals surface area contributed by atoms with E-state index in [9.17, 15) is 4.79 Å². The second kappa shape index (κ2) is 7.22. The summed E-state index contributed by atoms with van der Waals surface area (Å²) in [4.78, 5) is 20.5. The maximum Gasteiger partial charge on any atom is 0.319 e. The predicted octanol–water partition coefficient (Wildman–Crippen LogP) is 2.86. The van der Waals surface area contributed by atoms with Crippen molar-refractivity contribution in [2.45, 2.75) is 12.8 Å². The Bertz CT molecular complexity index is 814. The molecule has 0 spiro atoms. The van der Waals surface area contributed by atoms with Crippen molar-refractivity contribution in [1.82, 2.24) is 25.1 Å². The number of anilines is 1. The van der Waals surface area contributed by atoms with E-state index in [1.807, 2.05) is 43.6 Å². The molecule has 1 unspecified atom stereocenters. The summed E-state index contributed by atoms with van der Waals surface area (Å²) < 4.78 is 1.64. The lowest BCUT2D eigenvalue weighted by atomic mass is 10.2. The third kappa shape index (κ3) is 3.96. The third-order valence-corrected chi connectivity index (χ3v) is 4.43. The van der Waals surface area contributed by atoms with Crippen LogP contribution in [-0.4, -0.2) is 32.3 Å². The number of aromatic nitrogens is 4. The van der Waals surface area contributed by atoms with E-state index >= 15 is 0 Å². The molecule has 7 nitrogen and oxygen atoms in total. The van der Waals surface area contributed by atoms with Crippen LogP contribution in [0.15, 0.2) is 42.2 Å². The Morgan fingerprint density at radius 1 is 1.38 bits per heavy atom. The van der Waals surface area contributed by atoms with Gasteiger partial charge >= 0.3 is 6.03 Å². The molecule has 0 aliphatic carbocycles. The van der Waals surface area contributed by atoms with Gasteiger partial charge in [0.25, 0.3) is 0 Å². The minimum Gasteiger partial charge on any atom is -0.337 e. The number of urea groups is 1. The molecule has 2 heterocycles. The Kier molecular flexibility index (Phi) is 4.85. The minimum atomic E-state index is -0.246. The normalized spacial score (nSPS) is 11.9. The fourth-order valence-electron chi connectivity index (χ4n) is 2.19. The third-order valence-electron chi connectivity index (χ3n) is 3.42. The van der Waals surface area contributed by atoms with Crippen LogP contribution in [0.4, 0.5) is 10.5 Å². The number of carbonyl (C=O) groups excluding carboxylic acids is 1. The fraction of sp³-hybridized carbons (Fsp3) is 0.250. The van der Waals surface area contributed by atoms with Crippen LogP contribution in [0.1, 0.15) is 17.8 Å². The van der Waals surface area contributed by atoms with Gasteiger partial charge in [-0.25, -0.2) is 14.8 Å². The van der Waals surface area contributed by atoms with Crippen molar-refractivity contribution in [3.05, 3.63) is 47.2 Å². The molecule has 0 aliphatic rings. The summed E-state index contributed by atoms with van der Waals surface area (Å²) in [6.07, 6.45) is 3.41. The van der Waals surface area contributed by atoms with Gasteiger partial charge in [-0.15, -0.1) is 11.3 Å². The van der Waals surface area contributed by atoms with Gasteiger partial charge in [0, 0.05) is 42.3 Å². The van der Waals surface area contributed by atoms with Crippen LogP contribution in [0.25, 0.3) is 11.4 Å². The number of nitrogens with zero attached hydrogens (tertiary/aromatic N) is 4. The quantitative estimate of drug-likeness (QED) is 0.747. The molecule has 124 valence electrons. The van der Waals surface area contributed by atoms with Gasteiger partial charge in [-0.05, 0) is 12.1 Å². The largest absolute Gasteiger partial charge is 0.337 e. The highest BCUT2D eigenvalue weighted by Crippen LogP contribution is 2.19. The molecule has 0 saturated heterocycles. The number of aryl methyl sites for hydroxylation is 1. The van der Waals surface area contributed by atoms with Crippen LogP contribution < -0.4 is 10.6 Å². The predicted molar refractivity (Wildman–Crippen MR) is 94.0 cm³/mol. The summed E-state index contributed by atoms with van der Waals surface area (Å²) >= 11 is 1.59. The lowest BCUT2D eigenvalue weighted by molar-refractivity contribution is 0.251. The van der Waals surface area contributed by atoms with Crippen LogP contribution in [0, 0.1) is 0 Å². The van der Waals surface area contributed by atoms with Crippen molar-refractivity contribution in [2.24, 2.45) is 7.05 Å². The summed E-state index contributed by atoms with van der Waals surface area (Å²) in [7, 11) is 1.82. The molecule has 0 radical (unpaired) electrons. The van der Waals surface area contributed by atoms with Crippen molar-refractivity contribution in [1.29, 1.82) is 0 Å². The lowest BCUT2D eigenvalue weighted by Crippen LogP contribution is -2.31. The zero-order chi connectivity index (χ0) is 16.9. The monoisotopic (exact) mass is 342 g/mol. The number of amides is 2. The van der Waals surface area contributed by atoms with E-state index in [0.29, 0.717) is 18.1 Å². The molecular formula is C16H18N6OS. The first-order valence-electron chi connectivity index (χ1n) is 7.52. The van der Waals surface area contributed by atoms with Gasteiger partial charge in [0.05, 0.1) is 5.01 Å². The van der Waals surface area contributed by atoms with Crippen molar-refractivity contribution in [2.75, 3.05) is 11.9 Å². The molecule has 24 heavy (non-hydrogen) atoms. The van der Waals surface area contributed by atoms with E-state index < -0.39 is 0 Å². The van der Waals surface area contributed by atoms with E-state index in [2.05, 4.69) is 25.7 Å². The van der Waals surface area contributed by atoms with Crippen molar-refractivity contribution >= 4 is 23.1 Å². The Balaban J connectivity index is 1.58. The second-order valence-corrected chi connectivity index (χ2v) is 6.36. The van der Waals surface area contributed by atoms with E-state index in [-0.39, 0.29) is 11.9 Å². The molecule has 0 bridgehead atoms. The standard InChI is InChI=1S/C16H18N6OS/c1-11(15-17-6-7-24-15)9-18-16(23)20-13-5-3-4-12(8-13)14-19-10-22(2)21-14/h3-8,10-11H,9H2,1-2H3,(H2,18,20,23). The maximum atomic E-state index is 12.1. The summed E-state index contributed by atoms with van der Waals surface area (Å²) in [5.41, 5.74) is 1.55. The van der Waals surface area contributed by atoms with Crippen LogP contribution in [0.3, 0.4) is 0 Å². The number of benzene rings is 1. The highest BCUT2D eigenvalue weighted by molar-refractivity contribution is 7.09. The topological polar surface area (TPSA) is 84.7 Å². The average molecular weight is 342 g/mol. The average Bonchev–Trinajstić information content (AvgIpc) is 3.24. The molecule has 1 atom stereocenters. The van der Waals surface area contributed by atoms with E-state index in [1.165, 1.54) is 0 Å². The minimum absolute atomic E-state index is 0.180. The van der Waals surface area contributed by atoms with Crippen molar-refractivity contribution in [3.8, 4) is 11.4 Å². The van der Waals surface area contributed by atoms with Gasteiger partial charge in [0.2, 0.25) is 0 Å². The van der Waals surface area contributed by atoms with Crippen molar-refractivity contribution < 1.29 is 4.79 Å². The Morgan fingerprint density at radius 2 is 2.25 bits per heavy atom. The van der Waals surface area contributed by atoms with Gasteiger partial charge in [0.1, 0.15) is 6.33 Å². The zero-order valence-corrected chi connectivity index (χ0v) is 14.2. The summed E-state index contributed by atoms with van der Waals surface area (Å²) in [6.45, 7) is 2.56. The van der Waals surface area contributed by atoms with Gasteiger partial charge < -0.3 is 10.6 Å². The summed E-state index contributed by atoms with van der Waals surface area (Å²) in [5.74, 6) is 0.804. The van der Waals surface area contributed by atoms with E-state index in [0.717, 1.165) is 10.6 Å². The van der Waals surface area contributed by atoms with Gasteiger partial charge in [-0.2, -0.15) is 5.10 Å². The molecule has 0 fully saturated rings. The smallest absolute Gasteiger partial charge is 0.319 e. The lowest BCUT2D eigenvalue weighted by Gasteiger charge is -2.11. The Hall–Kier alpha value is -2.74. The van der Waals surface area contributed by atoms with Gasteiger partial charge in [-0.1, -0.05) is 19.1 Å². The highest BCUT2D eigenvalue weighted by atomic mass is 32.1. The van der Waals surface area contributed by atoms with Gasteiger partial charge in [-0.3, -0.25) is 4.68 Å². The first-order valence-corrected chi connectivity index (χ1v) is 8.40. The van der Waals surface area contributed by atoms with Crippen LogP contribution in [0.2, 0.25) is 0 Å². The molecule has 0 saturated carbocycles. The van der Waals surface area contributed by atoms with Crippen LogP contribution in [0.5, 0.6) is 0 Å². The zero-order valence-electron chi connectivity index (χ0n) is 13.4. The number of hydrogen-bond donors (Lipinski definition) is 2. The summed E-state index contributed by atoms with van der Waals surface area (Å²) in [6, 6.07) is 7.20. The van der Waals surface area contributed by atoms with E-state index in [4.69, 9.17) is 0 Å². The number of carbonyl (C=O) groups is 1. The Morgan fingerprint density at radius 3 is 2.96 bits per heavy atom. The van der Waals surface area contributed by atoms with Gasteiger partial charge in [0.15, 0.2) is 5.82 Å². The molecule has 0 aliphatic heterocycles.